The zero-order chi connectivity index (χ0) is 15.7. The van der Waals surface area contributed by atoms with Gasteiger partial charge in [-0.15, -0.1) is 0 Å². The zero-order valence-corrected chi connectivity index (χ0v) is 12.0. The lowest BCUT2D eigenvalue weighted by atomic mass is 10.2. The van der Waals surface area contributed by atoms with Crippen LogP contribution >= 0.6 is 0 Å². The van der Waals surface area contributed by atoms with Gasteiger partial charge >= 0.3 is 0 Å². The number of imidazole rings is 1. The third-order valence-electron chi connectivity index (χ3n) is 3.47. The third-order valence-corrected chi connectivity index (χ3v) is 3.47. The van der Waals surface area contributed by atoms with Gasteiger partial charge in [0.2, 0.25) is 0 Å². The van der Waals surface area contributed by atoms with Crippen molar-refractivity contribution >= 4 is 5.91 Å². The fraction of sp³-hybridized carbons (Fsp3) is 0.0588. The van der Waals surface area contributed by atoms with Crippen molar-refractivity contribution in [1.29, 1.82) is 0 Å². The molecule has 0 spiro atoms. The molecule has 0 unspecified atom stereocenters. The van der Waals surface area contributed by atoms with E-state index in [4.69, 9.17) is 5.73 Å². The van der Waals surface area contributed by atoms with E-state index in [0.717, 1.165) is 5.56 Å². The van der Waals surface area contributed by atoms with Crippen LogP contribution in [-0.4, -0.2) is 15.5 Å². The first-order valence-electron chi connectivity index (χ1n) is 6.79. The maximum atomic E-state index is 14.2. The van der Waals surface area contributed by atoms with Crippen LogP contribution in [0.25, 0.3) is 17.1 Å². The van der Waals surface area contributed by atoms with Crippen molar-refractivity contribution in [1.82, 2.24) is 9.55 Å². The van der Waals surface area contributed by atoms with Crippen LogP contribution in [0.1, 0.15) is 16.2 Å². The highest BCUT2D eigenvalue weighted by molar-refractivity contribution is 5.93. The van der Waals surface area contributed by atoms with E-state index in [-0.39, 0.29) is 5.69 Å². The summed E-state index contributed by atoms with van der Waals surface area (Å²) < 4.78 is 15.8. The largest absolute Gasteiger partial charge is 0.364 e. The molecule has 5 heteroatoms. The summed E-state index contributed by atoms with van der Waals surface area (Å²) in [7, 11) is 0. The summed E-state index contributed by atoms with van der Waals surface area (Å²) in [5, 5.41) is 0. The van der Waals surface area contributed by atoms with Crippen LogP contribution in [0.15, 0.2) is 54.6 Å². The van der Waals surface area contributed by atoms with Gasteiger partial charge in [-0.3, -0.25) is 9.36 Å². The monoisotopic (exact) mass is 295 g/mol. The summed E-state index contributed by atoms with van der Waals surface area (Å²) in [5.74, 6) is -0.544. The van der Waals surface area contributed by atoms with Crippen LogP contribution in [-0.2, 0) is 0 Å². The second kappa shape index (κ2) is 5.44. The maximum Gasteiger partial charge on any atom is 0.269 e. The van der Waals surface area contributed by atoms with Gasteiger partial charge in [-0.2, -0.15) is 0 Å². The van der Waals surface area contributed by atoms with E-state index < -0.39 is 11.7 Å². The Morgan fingerprint density at radius 2 is 1.73 bits per heavy atom. The minimum absolute atomic E-state index is 0.141. The SMILES string of the molecule is Cc1c(C(N)=O)nc(-c2ccccc2)n1-c1ccccc1F. The molecule has 0 radical (unpaired) electrons. The van der Waals surface area contributed by atoms with Crippen molar-refractivity contribution in [2.45, 2.75) is 6.92 Å². The van der Waals surface area contributed by atoms with Gasteiger partial charge < -0.3 is 5.73 Å². The third kappa shape index (κ3) is 2.26. The number of carbonyl (C=O) groups excluding carboxylic acids is 1. The maximum absolute atomic E-state index is 14.2. The molecule has 110 valence electrons. The van der Waals surface area contributed by atoms with E-state index in [9.17, 15) is 9.18 Å². The Kier molecular flexibility index (Phi) is 3.47. The van der Waals surface area contributed by atoms with Crippen LogP contribution in [0, 0.1) is 12.7 Å². The lowest BCUT2D eigenvalue weighted by Crippen LogP contribution is -2.13. The number of amides is 1. The Bertz CT molecular complexity index is 840. The smallest absolute Gasteiger partial charge is 0.269 e. The first kappa shape index (κ1) is 14.0. The van der Waals surface area contributed by atoms with E-state index in [2.05, 4.69) is 4.98 Å². The van der Waals surface area contributed by atoms with Gasteiger partial charge in [0.15, 0.2) is 0 Å². The normalized spacial score (nSPS) is 10.6. The molecule has 2 aromatic carbocycles. The van der Waals surface area contributed by atoms with Crippen LogP contribution in [0.2, 0.25) is 0 Å². The fourth-order valence-corrected chi connectivity index (χ4v) is 2.44. The van der Waals surface area contributed by atoms with Crippen molar-refractivity contribution in [3.8, 4) is 17.1 Å². The molecule has 0 saturated heterocycles. The highest BCUT2D eigenvalue weighted by atomic mass is 19.1. The minimum Gasteiger partial charge on any atom is -0.364 e. The molecular formula is C17H14FN3O. The first-order valence-corrected chi connectivity index (χ1v) is 6.79. The predicted octanol–water partition coefficient (Wildman–Crippen LogP) is 3.09. The van der Waals surface area contributed by atoms with Gasteiger partial charge in [0.1, 0.15) is 17.3 Å². The van der Waals surface area contributed by atoms with Gasteiger partial charge in [0, 0.05) is 5.56 Å². The summed E-state index contributed by atoms with van der Waals surface area (Å²) in [6.45, 7) is 1.70. The molecule has 4 nitrogen and oxygen atoms in total. The van der Waals surface area contributed by atoms with Gasteiger partial charge in [0.05, 0.1) is 11.4 Å². The number of nitrogens with two attached hydrogens (primary N) is 1. The lowest BCUT2D eigenvalue weighted by molar-refractivity contribution is 0.0995. The summed E-state index contributed by atoms with van der Waals surface area (Å²) in [6, 6.07) is 15.6. The van der Waals surface area contributed by atoms with Crippen LogP contribution in [0.4, 0.5) is 4.39 Å². The summed E-state index contributed by atoms with van der Waals surface area (Å²) in [5.41, 5.74) is 7.15. The van der Waals surface area contributed by atoms with Crippen molar-refractivity contribution in [2.75, 3.05) is 0 Å². The van der Waals surface area contributed by atoms with E-state index in [1.165, 1.54) is 6.07 Å². The molecule has 3 aromatic rings. The Labute approximate surface area is 127 Å². The second-order valence-corrected chi connectivity index (χ2v) is 4.89. The molecule has 1 amide bonds. The number of aromatic nitrogens is 2. The molecule has 0 aliphatic carbocycles. The topological polar surface area (TPSA) is 60.9 Å². The number of rotatable bonds is 3. The predicted molar refractivity (Wildman–Crippen MR) is 82.2 cm³/mol. The van der Waals surface area contributed by atoms with Crippen molar-refractivity contribution in [2.24, 2.45) is 5.73 Å². The van der Waals surface area contributed by atoms with Crippen molar-refractivity contribution < 1.29 is 9.18 Å². The average Bonchev–Trinajstić information content (AvgIpc) is 2.86. The molecule has 0 saturated carbocycles. The number of nitrogens with zero attached hydrogens (tertiary/aromatic N) is 2. The lowest BCUT2D eigenvalue weighted by Gasteiger charge is -2.11. The number of halogens is 1. The molecule has 2 N–H and O–H groups in total. The summed E-state index contributed by atoms with van der Waals surface area (Å²) in [6.07, 6.45) is 0. The molecule has 22 heavy (non-hydrogen) atoms. The van der Waals surface area contributed by atoms with E-state index in [0.29, 0.717) is 17.2 Å². The van der Waals surface area contributed by atoms with E-state index in [1.54, 1.807) is 29.7 Å². The van der Waals surface area contributed by atoms with Crippen LogP contribution in [0.3, 0.4) is 0 Å². The number of para-hydroxylation sites is 1. The van der Waals surface area contributed by atoms with Gasteiger partial charge in [0.25, 0.3) is 5.91 Å². The second-order valence-electron chi connectivity index (χ2n) is 4.89. The molecule has 1 aromatic heterocycles. The molecule has 1 heterocycles. The first-order chi connectivity index (χ1) is 10.6. The molecule has 0 aliphatic rings. The molecule has 0 bridgehead atoms. The van der Waals surface area contributed by atoms with Gasteiger partial charge in [-0.25, -0.2) is 9.37 Å². The Hall–Kier alpha value is -2.95. The molecule has 0 atom stereocenters. The zero-order valence-electron chi connectivity index (χ0n) is 12.0. The van der Waals surface area contributed by atoms with Crippen molar-refractivity contribution in [3.05, 3.63) is 71.8 Å². The standard InChI is InChI=1S/C17H14FN3O/c1-11-15(16(19)22)20-17(12-7-3-2-4-8-12)21(11)14-10-6-5-9-13(14)18/h2-10H,1H3,(H2,19,22). The minimum atomic E-state index is -0.634. The van der Waals surface area contributed by atoms with Crippen LogP contribution < -0.4 is 5.73 Å². The van der Waals surface area contributed by atoms with Gasteiger partial charge in [-0.1, -0.05) is 42.5 Å². The fourth-order valence-electron chi connectivity index (χ4n) is 2.44. The highest BCUT2D eigenvalue weighted by Crippen LogP contribution is 2.27. The van der Waals surface area contributed by atoms with Crippen molar-refractivity contribution in [3.63, 3.8) is 0 Å². The summed E-state index contributed by atoms with van der Waals surface area (Å²) >= 11 is 0. The van der Waals surface area contributed by atoms with E-state index in [1.807, 2.05) is 30.3 Å². The molecule has 0 fully saturated rings. The number of primary amides is 1. The molecule has 0 aliphatic heterocycles. The Morgan fingerprint density at radius 1 is 1.09 bits per heavy atom. The Morgan fingerprint density at radius 3 is 2.36 bits per heavy atom. The van der Waals surface area contributed by atoms with E-state index >= 15 is 0 Å². The summed E-state index contributed by atoms with van der Waals surface area (Å²) in [4.78, 5) is 15.9. The number of benzene rings is 2. The number of carbonyl (C=O) groups is 1. The number of hydrogen-bond donors (Lipinski definition) is 1. The van der Waals surface area contributed by atoms with Gasteiger partial charge in [-0.05, 0) is 19.1 Å². The Balaban J connectivity index is 2.33. The highest BCUT2D eigenvalue weighted by Gasteiger charge is 2.21. The number of hydrogen-bond acceptors (Lipinski definition) is 2. The quantitative estimate of drug-likeness (QED) is 0.807. The van der Waals surface area contributed by atoms with Crippen LogP contribution in [0.5, 0.6) is 0 Å². The molecule has 3 rings (SSSR count). The molecular weight excluding hydrogens is 281 g/mol. The average molecular weight is 295 g/mol.